The molecule has 0 aliphatic carbocycles. The molecule has 1 aromatic carbocycles. The Morgan fingerprint density at radius 3 is 2.68 bits per heavy atom. The summed E-state index contributed by atoms with van der Waals surface area (Å²) in [6.07, 6.45) is 0. The number of nitrogens with two attached hydrogens (primary N) is 2. The van der Waals surface area contributed by atoms with Crippen LogP contribution in [0, 0.1) is 13.8 Å². The van der Waals surface area contributed by atoms with Gasteiger partial charge in [0.05, 0.1) is 6.54 Å². The highest BCUT2D eigenvalue weighted by Gasteiger charge is 2.17. The Kier molecular flexibility index (Phi) is 3.34. The van der Waals surface area contributed by atoms with Crippen LogP contribution in [0.15, 0.2) is 24.3 Å². The van der Waals surface area contributed by atoms with Gasteiger partial charge in [-0.05, 0) is 37.1 Å². The minimum atomic E-state index is 0.153. The van der Waals surface area contributed by atoms with Crippen LogP contribution in [0.5, 0.6) is 0 Å². The molecule has 0 aliphatic heterocycles. The molecule has 9 nitrogen and oxygen atoms in total. The van der Waals surface area contributed by atoms with Gasteiger partial charge in [0.1, 0.15) is 11.4 Å². The van der Waals surface area contributed by atoms with Gasteiger partial charge in [-0.2, -0.15) is 10.1 Å². The largest absolute Gasteiger partial charge is 0.399 e. The summed E-state index contributed by atoms with van der Waals surface area (Å²) in [5.41, 5.74) is 17.9. The third-order valence-electron chi connectivity index (χ3n) is 4.00. The third-order valence-corrected chi connectivity index (χ3v) is 4.00. The maximum absolute atomic E-state index is 5.89. The highest BCUT2D eigenvalue weighted by molar-refractivity contribution is 5.86. The van der Waals surface area contributed by atoms with Crippen molar-refractivity contribution >= 4 is 22.8 Å². The van der Waals surface area contributed by atoms with Gasteiger partial charge in [0.25, 0.3) is 0 Å². The Hall–Kier alpha value is -3.49. The van der Waals surface area contributed by atoms with E-state index < -0.39 is 0 Å². The van der Waals surface area contributed by atoms with Crippen molar-refractivity contribution < 1.29 is 0 Å². The molecule has 25 heavy (non-hydrogen) atoms. The topological polar surface area (TPSA) is 137 Å². The van der Waals surface area contributed by atoms with E-state index in [9.17, 15) is 0 Å². The number of benzene rings is 1. The average molecular weight is 335 g/mol. The van der Waals surface area contributed by atoms with Crippen LogP contribution < -0.4 is 11.5 Å². The summed E-state index contributed by atoms with van der Waals surface area (Å²) < 4.78 is 1.70. The summed E-state index contributed by atoms with van der Waals surface area (Å²) in [4.78, 5) is 8.59. The van der Waals surface area contributed by atoms with Crippen LogP contribution in [0.4, 0.5) is 11.6 Å². The van der Waals surface area contributed by atoms with E-state index >= 15 is 0 Å². The predicted molar refractivity (Wildman–Crippen MR) is 94.5 cm³/mol. The lowest BCUT2D eigenvalue weighted by Crippen LogP contribution is -2.05. The summed E-state index contributed by atoms with van der Waals surface area (Å²) in [7, 11) is 0. The first-order chi connectivity index (χ1) is 12.0. The molecule has 0 atom stereocenters. The van der Waals surface area contributed by atoms with Crippen molar-refractivity contribution in [1.29, 1.82) is 0 Å². The van der Waals surface area contributed by atoms with Gasteiger partial charge in [0.15, 0.2) is 11.2 Å². The molecule has 9 heteroatoms. The monoisotopic (exact) mass is 335 g/mol. The fourth-order valence-electron chi connectivity index (χ4n) is 2.71. The van der Waals surface area contributed by atoms with E-state index in [1.165, 1.54) is 0 Å². The van der Waals surface area contributed by atoms with Gasteiger partial charge < -0.3 is 11.5 Å². The number of nitrogens with zero attached hydrogens (tertiary/aromatic N) is 6. The molecule has 5 N–H and O–H groups in total. The van der Waals surface area contributed by atoms with Crippen LogP contribution in [0.25, 0.3) is 22.6 Å². The van der Waals surface area contributed by atoms with Crippen LogP contribution >= 0.6 is 0 Å². The smallest absolute Gasteiger partial charge is 0.222 e. The number of aryl methyl sites for hydroxylation is 2. The van der Waals surface area contributed by atoms with Crippen molar-refractivity contribution in [3.63, 3.8) is 0 Å². The second-order valence-electron chi connectivity index (χ2n) is 5.98. The minimum Gasteiger partial charge on any atom is -0.399 e. The summed E-state index contributed by atoms with van der Waals surface area (Å²) in [6.45, 7) is 4.39. The van der Waals surface area contributed by atoms with E-state index in [0.717, 1.165) is 22.5 Å². The normalized spacial score (nSPS) is 11.3. The number of anilines is 2. The molecule has 4 rings (SSSR count). The van der Waals surface area contributed by atoms with Crippen molar-refractivity contribution in [3.05, 3.63) is 41.1 Å². The van der Waals surface area contributed by atoms with Crippen molar-refractivity contribution in [3.8, 4) is 11.4 Å². The molecule has 0 radical (unpaired) electrons. The van der Waals surface area contributed by atoms with Crippen molar-refractivity contribution in [2.45, 2.75) is 20.4 Å². The van der Waals surface area contributed by atoms with Crippen molar-refractivity contribution in [2.24, 2.45) is 0 Å². The Morgan fingerprint density at radius 1 is 1.12 bits per heavy atom. The molecule has 3 heterocycles. The molecule has 0 unspecified atom stereocenters. The van der Waals surface area contributed by atoms with Crippen LogP contribution in [0.2, 0.25) is 0 Å². The lowest BCUT2D eigenvalue weighted by molar-refractivity contribution is 0.664. The third kappa shape index (κ3) is 2.65. The number of nitrogen functional groups attached to an aromatic ring is 2. The summed E-state index contributed by atoms with van der Waals surface area (Å²) in [5, 5.41) is 15.6. The second-order valence-corrected chi connectivity index (χ2v) is 5.98. The number of rotatable bonds is 3. The lowest BCUT2D eigenvalue weighted by atomic mass is 10.1. The van der Waals surface area contributed by atoms with E-state index in [1.807, 2.05) is 38.1 Å². The van der Waals surface area contributed by atoms with Crippen LogP contribution in [0.1, 0.15) is 16.8 Å². The molecule has 0 aliphatic rings. The summed E-state index contributed by atoms with van der Waals surface area (Å²) >= 11 is 0. The number of hydrogen-bond donors (Lipinski definition) is 3. The van der Waals surface area contributed by atoms with Gasteiger partial charge in [-0.1, -0.05) is 17.3 Å². The first-order valence-corrected chi connectivity index (χ1v) is 7.75. The average Bonchev–Trinajstić information content (AvgIpc) is 3.17. The number of H-pyrrole nitrogens is 1. The fourth-order valence-corrected chi connectivity index (χ4v) is 2.71. The van der Waals surface area contributed by atoms with Gasteiger partial charge >= 0.3 is 0 Å². The SMILES string of the molecule is Cc1cc(-c2nc(N)nc3c2nnn3Cc2ccc(N)c(C)c2)n[nH]1. The Labute approximate surface area is 143 Å². The number of fused-ring (bicyclic) bond motifs is 1. The molecule has 0 amide bonds. The quantitative estimate of drug-likeness (QED) is 0.482. The first kappa shape index (κ1) is 15.1. The molecule has 126 valence electrons. The van der Waals surface area contributed by atoms with Gasteiger partial charge in [-0.3, -0.25) is 5.10 Å². The van der Waals surface area contributed by atoms with E-state index in [0.29, 0.717) is 29.1 Å². The zero-order chi connectivity index (χ0) is 17.6. The lowest BCUT2D eigenvalue weighted by Gasteiger charge is -2.06. The number of aromatic nitrogens is 7. The molecule has 0 saturated heterocycles. The number of nitrogens with one attached hydrogen (secondary N) is 1. The molecular formula is C16H17N9. The molecule has 4 aromatic rings. The molecule has 3 aromatic heterocycles. The molecule has 0 saturated carbocycles. The first-order valence-electron chi connectivity index (χ1n) is 7.75. The summed E-state index contributed by atoms with van der Waals surface area (Å²) in [5.74, 6) is 0.153. The molecule has 0 bridgehead atoms. The van der Waals surface area contributed by atoms with Crippen molar-refractivity contribution in [1.82, 2.24) is 35.2 Å². The van der Waals surface area contributed by atoms with Gasteiger partial charge in [-0.15, -0.1) is 5.10 Å². The molecular weight excluding hydrogens is 318 g/mol. The van der Waals surface area contributed by atoms with Crippen LogP contribution in [-0.2, 0) is 6.54 Å². The van der Waals surface area contributed by atoms with E-state index in [-0.39, 0.29) is 5.95 Å². The highest BCUT2D eigenvalue weighted by Crippen LogP contribution is 2.24. The Bertz CT molecular complexity index is 1080. The Morgan fingerprint density at radius 2 is 1.96 bits per heavy atom. The predicted octanol–water partition coefficient (Wildman–Crippen LogP) is 1.44. The van der Waals surface area contributed by atoms with Gasteiger partial charge in [-0.25, -0.2) is 9.67 Å². The van der Waals surface area contributed by atoms with Crippen LogP contribution in [0.3, 0.4) is 0 Å². The zero-order valence-electron chi connectivity index (χ0n) is 13.9. The fraction of sp³-hybridized carbons (Fsp3) is 0.188. The summed E-state index contributed by atoms with van der Waals surface area (Å²) in [6, 6.07) is 7.73. The van der Waals surface area contributed by atoms with Crippen LogP contribution in [-0.4, -0.2) is 35.2 Å². The number of aromatic amines is 1. The maximum atomic E-state index is 5.89. The minimum absolute atomic E-state index is 0.153. The number of hydrogen-bond acceptors (Lipinski definition) is 7. The molecule has 0 spiro atoms. The van der Waals surface area contributed by atoms with Crippen molar-refractivity contribution in [2.75, 3.05) is 11.5 Å². The standard InChI is InChI=1S/C16H17N9/c1-8-5-10(3-4-11(8)17)7-25-15-14(23-24-25)13(19-16(18)20-15)12-6-9(2)21-22-12/h3-6H,7,17H2,1-2H3,(H,21,22)(H2,18,19,20). The second kappa shape index (κ2) is 5.55. The van der Waals surface area contributed by atoms with E-state index in [4.69, 9.17) is 11.5 Å². The highest BCUT2D eigenvalue weighted by atomic mass is 15.4. The maximum Gasteiger partial charge on any atom is 0.222 e. The van der Waals surface area contributed by atoms with Gasteiger partial charge in [0.2, 0.25) is 5.95 Å². The van der Waals surface area contributed by atoms with E-state index in [2.05, 4.69) is 30.5 Å². The zero-order valence-corrected chi connectivity index (χ0v) is 13.9. The Balaban J connectivity index is 1.81. The van der Waals surface area contributed by atoms with Gasteiger partial charge in [0, 0.05) is 11.4 Å². The molecule has 0 fully saturated rings. The van der Waals surface area contributed by atoms with E-state index in [1.54, 1.807) is 4.68 Å².